The van der Waals surface area contributed by atoms with Crippen LogP contribution in [-0.2, 0) is 38.3 Å². The van der Waals surface area contributed by atoms with Gasteiger partial charge in [-0.25, -0.2) is 4.98 Å². The number of hydrogen-bond acceptors (Lipinski definition) is 3. The van der Waals surface area contributed by atoms with Crippen LogP contribution in [0.25, 0.3) is 61.2 Å². The minimum absolute atomic E-state index is 0. The van der Waals surface area contributed by atoms with Gasteiger partial charge in [0.15, 0.2) is 0 Å². The molecular weight excluding hydrogens is 930 g/mol. The van der Waals surface area contributed by atoms with Crippen molar-refractivity contribution in [3.63, 3.8) is 0 Å². The van der Waals surface area contributed by atoms with Gasteiger partial charge in [-0.05, 0) is 98.5 Å². The first-order valence-corrected chi connectivity index (χ1v) is 20.6. The number of ether oxygens (including phenoxy) is 1. The normalized spacial score (nSPS) is 13.0. The molecule has 4 aromatic heterocycles. The van der Waals surface area contributed by atoms with Crippen molar-refractivity contribution in [2.24, 2.45) is 5.41 Å². The molecule has 0 fully saturated rings. The average Bonchev–Trinajstić information content (AvgIpc) is 3.78. The van der Waals surface area contributed by atoms with Crippen molar-refractivity contribution >= 4 is 32.8 Å². The Bertz CT molecular complexity index is 3150. The standard InChI is InChI=1S/C54H51N5O.Pt/c1-52(2,3)32-36-18-22-48-50(26-36)57(41-17-13-16-39(28-41)53(4,5)6)35-58(48)42-30-44(34-55-33-42)60-43-20-21-45-46-27-38(37-14-11-10-12-15-37)19-23-47(46)59(49(45)31-43)51-29-40(24-25-56-51)54(7,8)9;/h10-29,33-34H,32H2,1-9H3;/q-2;/i32D2;. The van der Waals surface area contributed by atoms with E-state index in [1.165, 1.54) is 11.1 Å². The van der Waals surface area contributed by atoms with Crippen LogP contribution in [0.4, 0.5) is 0 Å². The maximum Gasteiger partial charge on any atom is 0.268 e. The summed E-state index contributed by atoms with van der Waals surface area (Å²) in [4.78, 5) is 9.51. The number of aromatic nitrogens is 5. The second kappa shape index (κ2) is 15.9. The van der Waals surface area contributed by atoms with Crippen LogP contribution in [0.5, 0.6) is 11.5 Å². The SMILES string of the molecule is [2H]C([2H])(c1ccc2c(c1)[n+](-c1cccc(C(C)(C)C)c1)[c-]n2-c1[c-]c(Oc2[c-]c3c(cc2)c2cc(-c4ccccc4)ccc2n3-c2cc(C(C)(C)C)ccn2)cnc1)C(C)(C)C.[Pt]. The largest absolute Gasteiger partial charge is 0.508 e. The molecule has 61 heavy (non-hydrogen) atoms. The Labute approximate surface area is 377 Å². The number of hydrogen-bond donors (Lipinski definition) is 0. The molecule has 0 aliphatic carbocycles. The minimum atomic E-state index is -1.59. The van der Waals surface area contributed by atoms with Gasteiger partial charge in [-0.15, -0.1) is 23.6 Å². The summed E-state index contributed by atoms with van der Waals surface area (Å²) in [6.45, 7) is 19.0. The molecule has 7 heteroatoms. The van der Waals surface area contributed by atoms with E-state index in [1.54, 1.807) is 12.4 Å². The summed E-state index contributed by atoms with van der Waals surface area (Å²) in [5.74, 6) is 1.73. The van der Waals surface area contributed by atoms with E-state index in [0.29, 0.717) is 22.7 Å². The van der Waals surface area contributed by atoms with Gasteiger partial charge >= 0.3 is 0 Å². The number of pyridine rings is 2. The molecule has 0 saturated heterocycles. The van der Waals surface area contributed by atoms with Crippen LogP contribution in [0, 0.1) is 23.9 Å². The van der Waals surface area contributed by atoms with Crippen molar-refractivity contribution in [1.29, 1.82) is 0 Å². The molecular formula is C54H51N5OPt-2. The molecule has 5 aromatic carbocycles. The van der Waals surface area contributed by atoms with Crippen LogP contribution in [0.15, 0.2) is 134 Å². The molecule has 4 heterocycles. The van der Waals surface area contributed by atoms with E-state index in [0.717, 1.165) is 55.5 Å². The topological polar surface area (TPSA) is 48.8 Å². The van der Waals surface area contributed by atoms with E-state index >= 15 is 0 Å². The van der Waals surface area contributed by atoms with Crippen LogP contribution < -0.4 is 9.30 Å². The third kappa shape index (κ3) is 8.44. The smallest absolute Gasteiger partial charge is 0.268 e. The Morgan fingerprint density at radius 2 is 1.43 bits per heavy atom. The summed E-state index contributed by atoms with van der Waals surface area (Å²) in [5, 5.41) is 2.13. The zero-order valence-electron chi connectivity index (χ0n) is 38.2. The van der Waals surface area contributed by atoms with Crippen molar-refractivity contribution in [3.05, 3.63) is 169 Å². The van der Waals surface area contributed by atoms with Crippen LogP contribution in [0.3, 0.4) is 0 Å². The maximum atomic E-state index is 9.11. The molecule has 0 radical (unpaired) electrons. The number of fused-ring (bicyclic) bond motifs is 4. The molecule has 6 nitrogen and oxygen atoms in total. The zero-order chi connectivity index (χ0) is 43.8. The Morgan fingerprint density at radius 3 is 2.18 bits per heavy atom. The summed E-state index contributed by atoms with van der Waals surface area (Å²) in [6.07, 6.45) is 7.26. The van der Waals surface area contributed by atoms with E-state index in [4.69, 9.17) is 12.5 Å². The second-order valence-corrected chi connectivity index (χ2v) is 18.7. The van der Waals surface area contributed by atoms with Crippen molar-refractivity contribution in [3.8, 4) is 39.8 Å². The van der Waals surface area contributed by atoms with Crippen molar-refractivity contribution in [2.75, 3.05) is 0 Å². The van der Waals surface area contributed by atoms with Crippen LogP contribution in [-0.4, -0.2) is 19.1 Å². The van der Waals surface area contributed by atoms with Crippen molar-refractivity contribution in [1.82, 2.24) is 19.1 Å². The third-order valence-corrected chi connectivity index (χ3v) is 10.8. The van der Waals surface area contributed by atoms with Crippen molar-refractivity contribution in [2.45, 2.75) is 79.5 Å². The van der Waals surface area contributed by atoms with Gasteiger partial charge in [0.05, 0.1) is 16.7 Å². The first-order chi connectivity index (χ1) is 29.4. The molecule has 310 valence electrons. The Morgan fingerprint density at radius 1 is 0.672 bits per heavy atom. The molecule has 0 atom stereocenters. The minimum Gasteiger partial charge on any atom is -0.508 e. The Balaban J connectivity index is 0.00000544. The third-order valence-electron chi connectivity index (χ3n) is 10.8. The summed E-state index contributed by atoms with van der Waals surface area (Å²) in [5.41, 5.74) is 9.55. The molecule has 9 rings (SSSR count). The molecule has 0 saturated carbocycles. The summed E-state index contributed by atoms with van der Waals surface area (Å²) in [7, 11) is 0. The van der Waals surface area contributed by atoms with E-state index in [2.05, 4.69) is 154 Å². The number of benzene rings is 5. The first-order valence-electron chi connectivity index (χ1n) is 21.6. The Kier molecular flexibility index (Phi) is 10.2. The van der Waals surface area contributed by atoms with E-state index in [1.807, 2.05) is 66.4 Å². The van der Waals surface area contributed by atoms with Gasteiger partial charge in [0.25, 0.3) is 6.33 Å². The van der Waals surface area contributed by atoms with Gasteiger partial charge < -0.3 is 18.9 Å². The molecule has 9 aromatic rings. The molecule has 0 N–H and O–H groups in total. The predicted molar refractivity (Wildman–Crippen MR) is 244 cm³/mol. The summed E-state index contributed by atoms with van der Waals surface area (Å²) in [6, 6.07) is 46.6. The van der Waals surface area contributed by atoms with Crippen LogP contribution in [0.1, 0.15) is 81.7 Å². The molecule has 0 bridgehead atoms. The van der Waals surface area contributed by atoms with Gasteiger partial charge in [-0.3, -0.25) is 4.57 Å². The van der Waals surface area contributed by atoms with Gasteiger partial charge in [-0.1, -0.05) is 146 Å². The quantitative estimate of drug-likeness (QED) is 0.118. The van der Waals surface area contributed by atoms with E-state index in [9.17, 15) is 0 Å². The molecule has 0 unspecified atom stereocenters. The fraction of sp³-hybridized carbons (Fsp3) is 0.241. The van der Waals surface area contributed by atoms with Gasteiger partial charge in [-0.2, -0.15) is 6.07 Å². The van der Waals surface area contributed by atoms with Crippen molar-refractivity contribution < 1.29 is 33.1 Å². The molecule has 0 spiro atoms. The first kappa shape index (κ1) is 39.3. The summed E-state index contributed by atoms with van der Waals surface area (Å²) < 4.78 is 30.9. The number of nitrogens with zero attached hydrogens (tertiary/aromatic N) is 5. The van der Waals surface area contributed by atoms with E-state index < -0.39 is 11.8 Å². The number of rotatable bonds is 7. The van der Waals surface area contributed by atoms with Gasteiger partial charge in [0, 0.05) is 47.0 Å². The second-order valence-electron chi connectivity index (χ2n) is 18.7. The van der Waals surface area contributed by atoms with Gasteiger partial charge in [0.1, 0.15) is 5.82 Å². The Hall–Kier alpha value is -5.84. The average molecular weight is 983 g/mol. The monoisotopic (exact) mass is 982 g/mol. The fourth-order valence-corrected chi connectivity index (χ4v) is 7.79. The fourth-order valence-electron chi connectivity index (χ4n) is 7.79. The van der Waals surface area contributed by atoms with Crippen LogP contribution >= 0.6 is 0 Å². The van der Waals surface area contributed by atoms with Crippen LogP contribution in [0.2, 0.25) is 0 Å². The molecule has 0 aliphatic heterocycles. The number of imidazole rings is 1. The zero-order valence-corrected chi connectivity index (χ0v) is 38.4. The predicted octanol–water partition coefficient (Wildman–Crippen LogP) is 12.8. The summed E-state index contributed by atoms with van der Waals surface area (Å²) >= 11 is 0. The maximum absolute atomic E-state index is 9.11. The van der Waals surface area contributed by atoms with Gasteiger partial charge in [0.2, 0.25) is 0 Å². The molecule has 0 amide bonds. The molecule has 0 aliphatic rings. The van der Waals surface area contributed by atoms with E-state index in [-0.39, 0.29) is 31.9 Å².